The Morgan fingerprint density at radius 1 is 1.33 bits per heavy atom. The molecule has 5 heteroatoms. The van der Waals surface area contributed by atoms with Gasteiger partial charge in [0.05, 0.1) is 6.04 Å². The number of halogens is 2. The highest BCUT2D eigenvalue weighted by Crippen LogP contribution is 2.13. The van der Waals surface area contributed by atoms with Crippen LogP contribution in [0.15, 0.2) is 18.2 Å². The molecule has 1 amide bonds. The van der Waals surface area contributed by atoms with E-state index in [1.165, 1.54) is 12.1 Å². The standard InChI is InChI=1S/C13H16F2N2O/c1-9-13(18)17(4-2-3-16-9)8-10-5-11(14)7-12(15)6-10/h5-7,9,16H,2-4,8H2,1H3. The molecule has 0 aromatic heterocycles. The smallest absolute Gasteiger partial charge is 0.239 e. The van der Waals surface area contributed by atoms with Crippen molar-refractivity contribution in [2.75, 3.05) is 13.1 Å². The van der Waals surface area contributed by atoms with Gasteiger partial charge in [-0.05, 0) is 37.6 Å². The molecule has 1 aromatic carbocycles. The van der Waals surface area contributed by atoms with E-state index >= 15 is 0 Å². The SMILES string of the molecule is CC1NCCCN(Cc2cc(F)cc(F)c2)C1=O. The molecule has 18 heavy (non-hydrogen) atoms. The lowest BCUT2D eigenvalue weighted by molar-refractivity contribution is -0.132. The first-order chi connectivity index (χ1) is 8.56. The summed E-state index contributed by atoms with van der Waals surface area (Å²) < 4.78 is 26.2. The maximum Gasteiger partial charge on any atom is 0.239 e. The second-order valence-corrected chi connectivity index (χ2v) is 4.57. The predicted octanol–water partition coefficient (Wildman–Crippen LogP) is 1.68. The van der Waals surface area contributed by atoms with Crippen LogP contribution in [0.25, 0.3) is 0 Å². The molecule has 0 saturated carbocycles. The van der Waals surface area contributed by atoms with Gasteiger partial charge in [0.15, 0.2) is 0 Å². The second-order valence-electron chi connectivity index (χ2n) is 4.57. The van der Waals surface area contributed by atoms with E-state index in [0.717, 1.165) is 19.0 Å². The van der Waals surface area contributed by atoms with Crippen molar-refractivity contribution in [1.82, 2.24) is 10.2 Å². The van der Waals surface area contributed by atoms with Crippen molar-refractivity contribution in [1.29, 1.82) is 0 Å². The first kappa shape index (κ1) is 13.0. The van der Waals surface area contributed by atoms with Gasteiger partial charge in [-0.3, -0.25) is 4.79 Å². The minimum atomic E-state index is -0.613. The molecule has 1 unspecified atom stereocenters. The van der Waals surface area contributed by atoms with Crippen LogP contribution in [-0.2, 0) is 11.3 Å². The van der Waals surface area contributed by atoms with Crippen LogP contribution >= 0.6 is 0 Å². The van der Waals surface area contributed by atoms with Gasteiger partial charge < -0.3 is 10.2 Å². The Morgan fingerprint density at radius 3 is 2.67 bits per heavy atom. The average molecular weight is 254 g/mol. The largest absolute Gasteiger partial charge is 0.337 e. The van der Waals surface area contributed by atoms with Crippen molar-refractivity contribution in [3.05, 3.63) is 35.4 Å². The quantitative estimate of drug-likeness (QED) is 0.870. The van der Waals surface area contributed by atoms with Crippen molar-refractivity contribution < 1.29 is 13.6 Å². The van der Waals surface area contributed by atoms with Crippen LogP contribution in [0.1, 0.15) is 18.9 Å². The fraction of sp³-hybridized carbons (Fsp3) is 0.462. The zero-order chi connectivity index (χ0) is 13.1. The predicted molar refractivity (Wildman–Crippen MR) is 63.9 cm³/mol. The van der Waals surface area contributed by atoms with Crippen LogP contribution in [0.4, 0.5) is 8.78 Å². The van der Waals surface area contributed by atoms with Crippen LogP contribution < -0.4 is 5.32 Å². The maximum atomic E-state index is 13.1. The van der Waals surface area contributed by atoms with Gasteiger partial charge in [-0.15, -0.1) is 0 Å². The number of hydrogen-bond donors (Lipinski definition) is 1. The van der Waals surface area contributed by atoms with Gasteiger partial charge in [0.2, 0.25) is 5.91 Å². The monoisotopic (exact) mass is 254 g/mol. The number of carbonyl (C=O) groups excluding carboxylic acids is 1. The second kappa shape index (κ2) is 5.44. The molecule has 3 nitrogen and oxygen atoms in total. The molecule has 1 atom stereocenters. The van der Waals surface area contributed by atoms with Gasteiger partial charge in [0, 0.05) is 19.2 Å². The zero-order valence-corrected chi connectivity index (χ0v) is 10.2. The molecule has 1 saturated heterocycles. The van der Waals surface area contributed by atoms with Gasteiger partial charge in [-0.25, -0.2) is 8.78 Å². The van der Waals surface area contributed by atoms with E-state index in [2.05, 4.69) is 5.32 Å². The number of amides is 1. The lowest BCUT2D eigenvalue weighted by Gasteiger charge is -2.22. The lowest BCUT2D eigenvalue weighted by atomic mass is 10.2. The summed E-state index contributed by atoms with van der Waals surface area (Å²) in [5, 5.41) is 3.09. The molecule has 1 fully saturated rings. The van der Waals surface area contributed by atoms with Crippen molar-refractivity contribution in [3.8, 4) is 0 Å². The zero-order valence-electron chi connectivity index (χ0n) is 10.2. The van der Waals surface area contributed by atoms with E-state index in [1.54, 1.807) is 11.8 Å². The van der Waals surface area contributed by atoms with E-state index in [1.807, 2.05) is 0 Å². The summed E-state index contributed by atoms with van der Waals surface area (Å²) >= 11 is 0. The molecular formula is C13H16F2N2O. The van der Waals surface area contributed by atoms with Crippen LogP contribution in [0, 0.1) is 11.6 Å². The molecule has 1 aliphatic rings. The van der Waals surface area contributed by atoms with Crippen LogP contribution in [-0.4, -0.2) is 29.9 Å². The van der Waals surface area contributed by atoms with Crippen LogP contribution in [0.2, 0.25) is 0 Å². The Hall–Kier alpha value is -1.49. The molecular weight excluding hydrogens is 238 g/mol. The Kier molecular flexibility index (Phi) is 3.91. The van der Waals surface area contributed by atoms with E-state index in [0.29, 0.717) is 12.1 Å². The minimum absolute atomic E-state index is 0.0304. The molecule has 0 spiro atoms. The highest BCUT2D eigenvalue weighted by molar-refractivity contribution is 5.81. The highest BCUT2D eigenvalue weighted by atomic mass is 19.1. The number of nitrogens with one attached hydrogen (secondary N) is 1. The molecule has 0 bridgehead atoms. The fourth-order valence-electron chi connectivity index (χ4n) is 2.14. The van der Waals surface area contributed by atoms with Crippen molar-refractivity contribution in [3.63, 3.8) is 0 Å². The number of hydrogen-bond acceptors (Lipinski definition) is 2. The normalized spacial score (nSPS) is 20.9. The average Bonchev–Trinajstić information content (AvgIpc) is 2.43. The lowest BCUT2D eigenvalue weighted by Crippen LogP contribution is -2.41. The molecule has 1 aliphatic heterocycles. The van der Waals surface area contributed by atoms with Gasteiger partial charge in [0.1, 0.15) is 11.6 Å². The molecule has 0 aliphatic carbocycles. The van der Waals surface area contributed by atoms with Gasteiger partial charge in [-0.1, -0.05) is 0 Å². The van der Waals surface area contributed by atoms with Crippen molar-refractivity contribution in [2.24, 2.45) is 0 Å². The first-order valence-electron chi connectivity index (χ1n) is 6.03. The number of benzene rings is 1. The van der Waals surface area contributed by atoms with E-state index in [4.69, 9.17) is 0 Å². The Morgan fingerprint density at radius 2 is 2.00 bits per heavy atom. The third-order valence-electron chi connectivity index (χ3n) is 3.03. The first-order valence-corrected chi connectivity index (χ1v) is 6.03. The summed E-state index contributed by atoms with van der Waals surface area (Å²) in [7, 11) is 0. The summed E-state index contributed by atoms with van der Waals surface area (Å²) in [6.45, 7) is 3.43. The van der Waals surface area contributed by atoms with Crippen LogP contribution in [0.3, 0.4) is 0 Å². The Bertz CT molecular complexity index is 430. The number of carbonyl (C=O) groups is 1. The highest BCUT2D eigenvalue weighted by Gasteiger charge is 2.23. The third-order valence-corrected chi connectivity index (χ3v) is 3.03. The van der Waals surface area contributed by atoms with E-state index in [9.17, 15) is 13.6 Å². The number of nitrogens with zero attached hydrogens (tertiary/aromatic N) is 1. The van der Waals surface area contributed by atoms with Crippen molar-refractivity contribution in [2.45, 2.75) is 25.9 Å². The summed E-state index contributed by atoms with van der Waals surface area (Å²) in [6.07, 6.45) is 0.841. The summed E-state index contributed by atoms with van der Waals surface area (Å²) in [5.74, 6) is -1.26. The van der Waals surface area contributed by atoms with Crippen molar-refractivity contribution >= 4 is 5.91 Å². The molecule has 1 heterocycles. The van der Waals surface area contributed by atoms with Gasteiger partial charge in [-0.2, -0.15) is 0 Å². The topological polar surface area (TPSA) is 32.3 Å². The molecule has 1 aromatic rings. The maximum absolute atomic E-state index is 13.1. The molecule has 0 radical (unpaired) electrons. The van der Waals surface area contributed by atoms with E-state index in [-0.39, 0.29) is 18.5 Å². The summed E-state index contributed by atoms with van der Waals surface area (Å²) in [5.41, 5.74) is 0.481. The summed E-state index contributed by atoms with van der Waals surface area (Å²) in [4.78, 5) is 13.6. The van der Waals surface area contributed by atoms with Crippen LogP contribution in [0.5, 0.6) is 0 Å². The van der Waals surface area contributed by atoms with Gasteiger partial charge >= 0.3 is 0 Å². The summed E-state index contributed by atoms with van der Waals surface area (Å²) in [6, 6.07) is 3.11. The Labute approximate surface area is 105 Å². The molecule has 98 valence electrons. The van der Waals surface area contributed by atoms with E-state index < -0.39 is 11.6 Å². The fourth-order valence-corrected chi connectivity index (χ4v) is 2.14. The Balaban J connectivity index is 2.13. The molecule has 1 N–H and O–H groups in total. The molecule has 2 rings (SSSR count). The minimum Gasteiger partial charge on any atom is -0.337 e. The number of rotatable bonds is 2. The van der Waals surface area contributed by atoms with Gasteiger partial charge in [0.25, 0.3) is 0 Å². The third kappa shape index (κ3) is 3.04.